The largest absolute Gasteiger partial charge is 0.429 e. The average Bonchev–Trinajstić information content (AvgIpc) is 2.95. The van der Waals surface area contributed by atoms with E-state index in [2.05, 4.69) is 16.6 Å². The van der Waals surface area contributed by atoms with Crippen molar-refractivity contribution in [3.63, 3.8) is 0 Å². The first-order chi connectivity index (χ1) is 22.1. The second kappa shape index (κ2) is 14.4. The number of aryl methyl sites for hydroxylation is 1. The third-order valence-corrected chi connectivity index (χ3v) is 6.92. The van der Waals surface area contributed by atoms with Gasteiger partial charge in [-0.05, 0) is 60.9 Å². The molecule has 1 aliphatic carbocycles. The van der Waals surface area contributed by atoms with E-state index in [0.29, 0.717) is 24.6 Å². The van der Waals surface area contributed by atoms with Crippen molar-refractivity contribution in [3.8, 4) is 29.4 Å². The SMILES string of the molecule is CCCCCc1ccc(C#Cc2ccc(C(F)(F)Oc3cc(F)c(C#CC4=CC(F)C(C(F)(F)F)C(F)=C4)c(F)c3)c(F)c2)c(F)c1. The van der Waals surface area contributed by atoms with Gasteiger partial charge in [-0.1, -0.05) is 49.5 Å². The lowest BCUT2D eigenvalue weighted by atomic mass is 9.93. The standard InChI is InChI=1S/C35H23F11O/c1-2-3-4-5-20-6-10-23(27(36)14-20)11-7-21-9-13-26(30(39)15-21)35(45,46)47-24-18-28(37)25(29(38)19-24)12-8-22-16-31(40)33(32(41)17-22)34(42,43)44/h6,9-10,13-19,31,33H,2-5H2,1H3. The lowest BCUT2D eigenvalue weighted by Crippen LogP contribution is -2.33. The predicted molar refractivity (Wildman–Crippen MR) is 151 cm³/mol. The highest BCUT2D eigenvalue weighted by atomic mass is 19.4. The Balaban J connectivity index is 1.48. The van der Waals surface area contributed by atoms with E-state index in [1.165, 1.54) is 12.1 Å². The fourth-order valence-corrected chi connectivity index (χ4v) is 4.55. The van der Waals surface area contributed by atoms with Crippen LogP contribution >= 0.6 is 0 Å². The summed E-state index contributed by atoms with van der Waals surface area (Å²) in [7, 11) is 0. The topological polar surface area (TPSA) is 9.23 Å². The van der Waals surface area contributed by atoms with Crippen LogP contribution in [0.4, 0.5) is 48.3 Å². The van der Waals surface area contributed by atoms with Gasteiger partial charge in [-0.3, -0.25) is 0 Å². The second-order valence-corrected chi connectivity index (χ2v) is 10.5. The van der Waals surface area contributed by atoms with Crippen molar-refractivity contribution in [2.75, 3.05) is 0 Å². The predicted octanol–water partition coefficient (Wildman–Crippen LogP) is 10.2. The molecule has 0 saturated carbocycles. The van der Waals surface area contributed by atoms with E-state index in [1.807, 2.05) is 18.8 Å². The lowest BCUT2D eigenvalue weighted by molar-refractivity contribution is -0.187. The maximum atomic E-state index is 14.8. The summed E-state index contributed by atoms with van der Waals surface area (Å²) < 4.78 is 158. The molecule has 0 N–H and O–H groups in total. The first kappa shape index (κ1) is 35.1. The van der Waals surface area contributed by atoms with Crippen molar-refractivity contribution in [3.05, 3.63) is 123 Å². The molecule has 0 saturated heterocycles. The summed E-state index contributed by atoms with van der Waals surface area (Å²) in [5, 5.41) is 0. The molecular weight excluding hydrogens is 645 g/mol. The van der Waals surface area contributed by atoms with Crippen molar-refractivity contribution in [1.29, 1.82) is 0 Å². The fourth-order valence-electron chi connectivity index (χ4n) is 4.55. The van der Waals surface area contributed by atoms with Gasteiger partial charge in [0.05, 0.1) is 11.1 Å². The van der Waals surface area contributed by atoms with Crippen LogP contribution in [0.1, 0.15) is 54.0 Å². The summed E-state index contributed by atoms with van der Waals surface area (Å²) in [6, 6.07) is 7.36. The number of ether oxygens (including phenoxy) is 1. The Kier molecular flexibility index (Phi) is 10.7. The molecule has 0 fully saturated rings. The quantitative estimate of drug-likeness (QED) is 0.138. The van der Waals surface area contributed by atoms with Gasteiger partial charge in [0.15, 0.2) is 0 Å². The first-order valence-electron chi connectivity index (χ1n) is 14.1. The molecule has 4 rings (SSSR count). The zero-order chi connectivity index (χ0) is 34.5. The van der Waals surface area contributed by atoms with Crippen molar-refractivity contribution in [1.82, 2.24) is 0 Å². The summed E-state index contributed by atoms with van der Waals surface area (Å²) in [6.07, 6.45) is -8.37. The third kappa shape index (κ3) is 8.76. The van der Waals surface area contributed by atoms with Gasteiger partial charge in [0.2, 0.25) is 0 Å². The maximum Gasteiger partial charge on any atom is 0.429 e. The molecule has 0 aliphatic heterocycles. The minimum Gasteiger partial charge on any atom is -0.429 e. The van der Waals surface area contributed by atoms with Crippen LogP contribution in [0.15, 0.2) is 72.1 Å². The summed E-state index contributed by atoms with van der Waals surface area (Å²) in [5.74, 6) is -2.47. The molecule has 246 valence electrons. The molecule has 12 heteroatoms. The molecule has 0 aromatic heterocycles. The highest BCUT2D eigenvalue weighted by Gasteiger charge is 2.49. The van der Waals surface area contributed by atoms with E-state index in [9.17, 15) is 48.3 Å². The van der Waals surface area contributed by atoms with E-state index >= 15 is 0 Å². The molecule has 3 aromatic rings. The Labute approximate surface area is 262 Å². The van der Waals surface area contributed by atoms with Crippen molar-refractivity contribution < 1.29 is 53.0 Å². The van der Waals surface area contributed by atoms with Crippen LogP contribution in [-0.2, 0) is 12.5 Å². The summed E-state index contributed by atoms with van der Waals surface area (Å²) in [6.45, 7) is 2.04. The number of halogens is 11. The Morgan fingerprint density at radius 1 is 0.745 bits per heavy atom. The number of rotatable bonds is 7. The van der Waals surface area contributed by atoms with E-state index in [1.54, 1.807) is 6.07 Å². The molecule has 0 heterocycles. The Hall–Kier alpha value is -4.71. The first-order valence-corrected chi connectivity index (χ1v) is 14.1. The smallest absolute Gasteiger partial charge is 0.429 e. The molecular formula is C35H23F11O. The van der Waals surface area contributed by atoms with Crippen LogP contribution in [0.2, 0.25) is 0 Å². The molecule has 2 atom stereocenters. The normalized spacial score (nSPS) is 16.3. The van der Waals surface area contributed by atoms with Gasteiger partial charge < -0.3 is 4.74 Å². The monoisotopic (exact) mass is 668 g/mol. The molecule has 47 heavy (non-hydrogen) atoms. The molecule has 1 aliphatic rings. The van der Waals surface area contributed by atoms with E-state index in [4.69, 9.17) is 0 Å². The number of allylic oxidation sites excluding steroid dienone is 4. The summed E-state index contributed by atoms with van der Waals surface area (Å²) in [4.78, 5) is 0. The van der Waals surface area contributed by atoms with E-state index in [-0.39, 0.29) is 29.3 Å². The van der Waals surface area contributed by atoms with E-state index < -0.39 is 75.9 Å². The zero-order valence-electron chi connectivity index (χ0n) is 24.3. The minimum absolute atomic E-state index is 0.0142. The van der Waals surface area contributed by atoms with Crippen molar-refractivity contribution in [2.24, 2.45) is 5.92 Å². The Morgan fingerprint density at radius 3 is 2.04 bits per heavy atom. The van der Waals surface area contributed by atoms with Crippen LogP contribution in [-0.4, -0.2) is 12.3 Å². The fraction of sp³-hybridized carbons (Fsp3) is 0.257. The highest BCUT2D eigenvalue weighted by molar-refractivity contribution is 5.50. The van der Waals surface area contributed by atoms with Crippen molar-refractivity contribution in [2.45, 2.75) is 51.1 Å². The van der Waals surface area contributed by atoms with Crippen LogP contribution in [0, 0.1) is 52.9 Å². The number of hydrogen-bond acceptors (Lipinski definition) is 1. The lowest BCUT2D eigenvalue weighted by Gasteiger charge is -2.23. The van der Waals surface area contributed by atoms with Crippen LogP contribution < -0.4 is 4.74 Å². The van der Waals surface area contributed by atoms with Gasteiger partial charge in [-0.2, -0.15) is 22.0 Å². The van der Waals surface area contributed by atoms with Crippen LogP contribution in [0.5, 0.6) is 5.75 Å². The molecule has 2 unspecified atom stereocenters. The Bertz CT molecular complexity index is 1810. The second-order valence-electron chi connectivity index (χ2n) is 10.5. The molecule has 3 aromatic carbocycles. The average molecular weight is 669 g/mol. The van der Waals surface area contributed by atoms with E-state index in [0.717, 1.165) is 30.9 Å². The van der Waals surface area contributed by atoms with Gasteiger partial charge in [-0.25, -0.2) is 26.3 Å². The Morgan fingerprint density at radius 2 is 1.45 bits per heavy atom. The highest BCUT2D eigenvalue weighted by Crippen LogP contribution is 2.40. The van der Waals surface area contributed by atoms with Crippen LogP contribution in [0.25, 0.3) is 0 Å². The number of benzene rings is 3. The van der Waals surface area contributed by atoms with Crippen LogP contribution in [0.3, 0.4) is 0 Å². The van der Waals surface area contributed by atoms with Gasteiger partial charge in [0, 0.05) is 23.3 Å². The number of unbranched alkanes of at least 4 members (excludes halogenated alkanes) is 2. The summed E-state index contributed by atoms with van der Waals surface area (Å²) in [5.41, 5.74) is -2.31. The number of alkyl halides is 6. The van der Waals surface area contributed by atoms with Gasteiger partial charge in [-0.15, -0.1) is 0 Å². The molecule has 0 bridgehead atoms. The molecule has 1 nitrogen and oxygen atoms in total. The molecule has 0 spiro atoms. The third-order valence-electron chi connectivity index (χ3n) is 6.92. The minimum atomic E-state index is -5.23. The maximum absolute atomic E-state index is 14.8. The zero-order valence-corrected chi connectivity index (χ0v) is 24.3. The number of hydrogen-bond donors (Lipinski definition) is 0. The van der Waals surface area contributed by atoms with Gasteiger partial charge in [0.25, 0.3) is 0 Å². The molecule has 0 radical (unpaired) electrons. The van der Waals surface area contributed by atoms with Gasteiger partial charge in [0.1, 0.15) is 52.5 Å². The van der Waals surface area contributed by atoms with Crippen molar-refractivity contribution >= 4 is 0 Å². The summed E-state index contributed by atoms with van der Waals surface area (Å²) >= 11 is 0. The van der Waals surface area contributed by atoms with Gasteiger partial charge >= 0.3 is 12.3 Å². The molecule has 0 amide bonds.